The zero-order chi connectivity index (χ0) is 19.2. The molecule has 8 nitrogen and oxygen atoms in total. The van der Waals surface area contributed by atoms with Crippen molar-refractivity contribution in [2.24, 2.45) is 0 Å². The van der Waals surface area contributed by atoms with Gasteiger partial charge in [0.25, 0.3) is 5.69 Å². The average Bonchev–Trinajstić information content (AvgIpc) is 3.16. The Morgan fingerprint density at radius 2 is 1.85 bits per heavy atom. The quantitative estimate of drug-likeness (QED) is 0.357. The predicted molar refractivity (Wildman–Crippen MR) is 95.1 cm³/mol. The molecule has 2 aromatic carbocycles. The molecule has 0 aliphatic heterocycles. The second kappa shape index (κ2) is 8.13. The van der Waals surface area contributed by atoms with Gasteiger partial charge in [0, 0.05) is 23.8 Å². The first-order valence-electron chi connectivity index (χ1n) is 8.04. The van der Waals surface area contributed by atoms with Crippen LogP contribution in [0.4, 0.5) is 5.69 Å². The van der Waals surface area contributed by atoms with Crippen molar-refractivity contribution in [2.45, 2.75) is 13.0 Å². The molecule has 138 valence electrons. The molecule has 0 radical (unpaired) electrons. The molecule has 8 heteroatoms. The summed E-state index contributed by atoms with van der Waals surface area (Å²) in [4.78, 5) is 22.1. The van der Waals surface area contributed by atoms with E-state index < -0.39 is 10.9 Å². The summed E-state index contributed by atoms with van der Waals surface area (Å²) in [5.74, 6) is 0.829. The highest BCUT2D eigenvalue weighted by Crippen LogP contribution is 2.23. The molecule has 0 N–H and O–H groups in total. The Kier molecular flexibility index (Phi) is 5.46. The van der Waals surface area contributed by atoms with Gasteiger partial charge in [0.1, 0.15) is 18.1 Å². The Labute approximate surface area is 154 Å². The lowest BCUT2D eigenvalue weighted by Crippen LogP contribution is -2.08. The van der Waals surface area contributed by atoms with E-state index in [0.29, 0.717) is 17.0 Å². The van der Waals surface area contributed by atoms with Gasteiger partial charge in [-0.05, 0) is 29.8 Å². The number of hydrogen-bond donors (Lipinski definition) is 0. The summed E-state index contributed by atoms with van der Waals surface area (Å²) in [6.07, 6.45) is 0.0151. The molecule has 0 atom stereocenters. The van der Waals surface area contributed by atoms with Crippen molar-refractivity contribution in [2.75, 3.05) is 7.11 Å². The van der Waals surface area contributed by atoms with E-state index in [4.69, 9.17) is 14.0 Å². The van der Waals surface area contributed by atoms with Gasteiger partial charge in [0.15, 0.2) is 5.76 Å². The molecule has 0 fully saturated rings. The van der Waals surface area contributed by atoms with Crippen LogP contribution in [0.15, 0.2) is 59.1 Å². The third-order valence-corrected chi connectivity index (χ3v) is 3.81. The van der Waals surface area contributed by atoms with E-state index in [1.54, 1.807) is 13.2 Å². The summed E-state index contributed by atoms with van der Waals surface area (Å²) in [5, 5.41) is 14.5. The van der Waals surface area contributed by atoms with Gasteiger partial charge in [-0.15, -0.1) is 0 Å². The van der Waals surface area contributed by atoms with Gasteiger partial charge in [0.2, 0.25) is 0 Å². The molecule has 3 aromatic rings. The van der Waals surface area contributed by atoms with Crippen LogP contribution in [-0.2, 0) is 22.6 Å². The zero-order valence-corrected chi connectivity index (χ0v) is 14.5. The number of rotatable bonds is 7. The van der Waals surface area contributed by atoms with Crippen LogP contribution in [0.3, 0.4) is 0 Å². The molecule has 0 amide bonds. The smallest absolute Gasteiger partial charge is 0.310 e. The fourth-order valence-electron chi connectivity index (χ4n) is 2.38. The number of hydrogen-bond acceptors (Lipinski definition) is 7. The number of non-ortho nitro benzene ring substituents is 1. The molecule has 0 bridgehead atoms. The van der Waals surface area contributed by atoms with Crippen molar-refractivity contribution >= 4 is 11.7 Å². The van der Waals surface area contributed by atoms with Gasteiger partial charge in [0.05, 0.1) is 18.5 Å². The zero-order valence-electron chi connectivity index (χ0n) is 14.5. The summed E-state index contributed by atoms with van der Waals surface area (Å²) in [6.45, 7) is -0.0224. The Hall–Kier alpha value is -3.68. The number of methoxy groups -OCH3 is 1. The van der Waals surface area contributed by atoms with Gasteiger partial charge in [-0.1, -0.05) is 17.3 Å². The minimum Gasteiger partial charge on any atom is -0.497 e. The third-order valence-electron chi connectivity index (χ3n) is 3.81. The fraction of sp³-hybridized carbons (Fsp3) is 0.158. The standard InChI is InChI=1S/C19H16N2O6/c1-25-17-8-4-14(5-9-17)18-11-15(20-27-18)12-26-19(22)10-13-2-6-16(7-3-13)21(23)24/h2-9,11H,10,12H2,1H3. The molecule has 0 unspecified atom stereocenters. The van der Waals surface area contributed by atoms with E-state index in [0.717, 1.165) is 11.3 Å². The second-order valence-corrected chi connectivity index (χ2v) is 5.67. The molecule has 0 saturated carbocycles. The maximum atomic E-state index is 11.9. The van der Waals surface area contributed by atoms with Crippen molar-refractivity contribution in [3.05, 3.63) is 76.0 Å². The number of nitro groups is 1. The van der Waals surface area contributed by atoms with Gasteiger partial charge < -0.3 is 14.0 Å². The number of esters is 1. The van der Waals surface area contributed by atoms with Crippen molar-refractivity contribution in [3.8, 4) is 17.1 Å². The molecule has 3 rings (SSSR count). The van der Waals surface area contributed by atoms with Crippen LogP contribution >= 0.6 is 0 Å². The first-order valence-corrected chi connectivity index (χ1v) is 8.04. The minimum absolute atomic E-state index is 0.0151. The SMILES string of the molecule is COc1ccc(-c2cc(COC(=O)Cc3ccc([N+](=O)[O-])cc3)no2)cc1. The van der Waals surface area contributed by atoms with E-state index in [9.17, 15) is 14.9 Å². The van der Waals surface area contributed by atoms with E-state index in [1.807, 2.05) is 24.3 Å². The number of nitro benzene ring substituents is 1. The Morgan fingerprint density at radius 3 is 2.48 bits per heavy atom. The molecule has 1 heterocycles. The minimum atomic E-state index is -0.493. The number of carbonyl (C=O) groups is 1. The lowest BCUT2D eigenvalue weighted by molar-refractivity contribution is -0.384. The summed E-state index contributed by atoms with van der Waals surface area (Å²) < 4.78 is 15.5. The normalized spacial score (nSPS) is 10.4. The van der Waals surface area contributed by atoms with Crippen molar-refractivity contribution in [1.29, 1.82) is 0 Å². The summed E-state index contributed by atoms with van der Waals surface area (Å²) in [5.41, 5.74) is 1.91. The molecular formula is C19H16N2O6. The van der Waals surface area contributed by atoms with Gasteiger partial charge in [-0.3, -0.25) is 14.9 Å². The van der Waals surface area contributed by atoms with Crippen LogP contribution in [0.2, 0.25) is 0 Å². The van der Waals surface area contributed by atoms with Gasteiger partial charge in [-0.2, -0.15) is 0 Å². The van der Waals surface area contributed by atoms with Crippen LogP contribution in [0.5, 0.6) is 5.75 Å². The number of ether oxygens (including phenoxy) is 2. The number of nitrogens with zero attached hydrogens (tertiary/aromatic N) is 2. The van der Waals surface area contributed by atoms with E-state index in [-0.39, 0.29) is 18.7 Å². The van der Waals surface area contributed by atoms with Crippen LogP contribution in [-0.4, -0.2) is 23.2 Å². The Balaban J connectivity index is 1.54. The second-order valence-electron chi connectivity index (χ2n) is 5.67. The fourth-order valence-corrected chi connectivity index (χ4v) is 2.38. The van der Waals surface area contributed by atoms with Crippen LogP contribution in [0.25, 0.3) is 11.3 Å². The highest BCUT2D eigenvalue weighted by Gasteiger charge is 2.11. The Morgan fingerprint density at radius 1 is 1.15 bits per heavy atom. The van der Waals surface area contributed by atoms with Crippen LogP contribution in [0.1, 0.15) is 11.3 Å². The topological polar surface area (TPSA) is 105 Å². The number of carbonyl (C=O) groups excluding carboxylic acids is 1. The third kappa shape index (κ3) is 4.69. The predicted octanol–water partition coefficient (Wildman–Crippen LogP) is 3.54. The molecular weight excluding hydrogens is 352 g/mol. The molecule has 27 heavy (non-hydrogen) atoms. The van der Waals surface area contributed by atoms with Gasteiger partial charge >= 0.3 is 5.97 Å². The summed E-state index contributed by atoms with van der Waals surface area (Å²) in [7, 11) is 1.59. The highest BCUT2D eigenvalue weighted by molar-refractivity contribution is 5.72. The molecule has 1 aromatic heterocycles. The summed E-state index contributed by atoms with van der Waals surface area (Å²) >= 11 is 0. The number of benzene rings is 2. The van der Waals surface area contributed by atoms with Gasteiger partial charge in [-0.25, -0.2) is 0 Å². The van der Waals surface area contributed by atoms with Crippen molar-refractivity contribution in [1.82, 2.24) is 5.16 Å². The molecule has 0 aliphatic rings. The number of aromatic nitrogens is 1. The lowest BCUT2D eigenvalue weighted by Gasteiger charge is -2.02. The van der Waals surface area contributed by atoms with E-state index in [1.165, 1.54) is 24.3 Å². The first-order chi connectivity index (χ1) is 13.0. The first kappa shape index (κ1) is 18.1. The van der Waals surface area contributed by atoms with Crippen molar-refractivity contribution in [3.63, 3.8) is 0 Å². The largest absolute Gasteiger partial charge is 0.497 e. The van der Waals surface area contributed by atoms with E-state index >= 15 is 0 Å². The average molecular weight is 368 g/mol. The lowest BCUT2D eigenvalue weighted by atomic mass is 10.1. The summed E-state index contributed by atoms with van der Waals surface area (Å²) in [6, 6.07) is 14.7. The molecule has 0 spiro atoms. The molecule has 0 saturated heterocycles. The maximum absolute atomic E-state index is 11.9. The van der Waals surface area contributed by atoms with E-state index in [2.05, 4.69) is 5.16 Å². The molecule has 0 aliphatic carbocycles. The van der Waals surface area contributed by atoms with Crippen LogP contribution < -0.4 is 4.74 Å². The Bertz CT molecular complexity index is 932. The highest BCUT2D eigenvalue weighted by atomic mass is 16.6. The van der Waals surface area contributed by atoms with Crippen LogP contribution in [0, 0.1) is 10.1 Å². The monoisotopic (exact) mass is 368 g/mol. The maximum Gasteiger partial charge on any atom is 0.310 e. The van der Waals surface area contributed by atoms with Crippen molar-refractivity contribution < 1.29 is 23.7 Å².